The van der Waals surface area contributed by atoms with Crippen LogP contribution in [-0.2, 0) is 11.2 Å². The molecule has 0 aliphatic rings. The van der Waals surface area contributed by atoms with E-state index >= 15 is 0 Å². The predicted octanol–water partition coefficient (Wildman–Crippen LogP) is 2.48. The van der Waals surface area contributed by atoms with Crippen molar-refractivity contribution in [3.63, 3.8) is 0 Å². The van der Waals surface area contributed by atoms with Crippen LogP contribution in [0, 0.1) is 0 Å². The minimum Gasteiger partial charge on any atom is -0.321 e. The van der Waals surface area contributed by atoms with Crippen LogP contribution < -0.4 is 5.73 Å². The van der Waals surface area contributed by atoms with Gasteiger partial charge in [-0.05, 0) is 24.8 Å². The van der Waals surface area contributed by atoms with Gasteiger partial charge in [-0.3, -0.25) is 4.79 Å². The lowest BCUT2D eigenvalue weighted by Crippen LogP contribution is -2.29. The maximum atomic E-state index is 11.6. The summed E-state index contributed by atoms with van der Waals surface area (Å²) in [5, 5.41) is 0. The molecule has 2 N–H and O–H groups in total. The van der Waals surface area contributed by atoms with Gasteiger partial charge in [0, 0.05) is 6.42 Å². The molecule has 0 bridgehead atoms. The second-order valence-corrected chi connectivity index (χ2v) is 3.94. The van der Waals surface area contributed by atoms with Crippen LogP contribution in [0.1, 0.15) is 24.8 Å². The number of ketones is 1. The molecule has 0 saturated heterocycles. The number of carbonyl (C=O) groups is 1. The smallest absolute Gasteiger partial charge is 0.149 e. The Balaban J connectivity index is 2.25. The van der Waals surface area contributed by atoms with Crippen LogP contribution in [0.2, 0.25) is 0 Å². The summed E-state index contributed by atoms with van der Waals surface area (Å²) >= 11 is 0. The Morgan fingerprint density at radius 1 is 1.38 bits per heavy atom. The summed E-state index contributed by atoms with van der Waals surface area (Å²) in [4.78, 5) is 11.6. The van der Waals surface area contributed by atoms with Crippen LogP contribution in [0.3, 0.4) is 0 Å². The molecule has 1 atom stereocenters. The van der Waals surface area contributed by atoms with E-state index in [0.29, 0.717) is 12.8 Å². The van der Waals surface area contributed by atoms with E-state index < -0.39 is 0 Å². The van der Waals surface area contributed by atoms with Gasteiger partial charge in [-0.2, -0.15) is 0 Å². The number of hydrogen-bond acceptors (Lipinski definition) is 2. The lowest BCUT2D eigenvalue weighted by atomic mass is 10.0. The fraction of sp³-hybridized carbons (Fsp3) is 0.357. The Bertz CT molecular complexity index is 332. The molecule has 0 heterocycles. The molecule has 0 radical (unpaired) electrons. The van der Waals surface area contributed by atoms with Crippen molar-refractivity contribution in [3.05, 3.63) is 48.6 Å². The van der Waals surface area contributed by atoms with E-state index in [1.54, 1.807) is 6.08 Å². The first-order chi connectivity index (χ1) is 7.74. The molecule has 0 aromatic heterocycles. The van der Waals surface area contributed by atoms with E-state index in [4.69, 9.17) is 5.73 Å². The molecule has 1 unspecified atom stereocenters. The lowest BCUT2D eigenvalue weighted by Gasteiger charge is -2.07. The highest BCUT2D eigenvalue weighted by Gasteiger charge is 2.10. The first-order valence-electron chi connectivity index (χ1n) is 5.67. The molecule has 0 saturated carbocycles. The van der Waals surface area contributed by atoms with E-state index in [1.807, 2.05) is 18.2 Å². The number of rotatable bonds is 7. The Morgan fingerprint density at radius 2 is 2.06 bits per heavy atom. The van der Waals surface area contributed by atoms with Crippen molar-refractivity contribution in [2.45, 2.75) is 31.7 Å². The van der Waals surface area contributed by atoms with Crippen molar-refractivity contribution in [2.75, 3.05) is 0 Å². The second kappa shape index (κ2) is 6.96. The highest BCUT2D eigenvalue weighted by atomic mass is 16.1. The largest absolute Gasteiger partial charge is 0.321 e. The van der Waals surface area contributed by atoms with Gasteiger partial charge in [-0.1, -0.05) is 36.4 Å². The zero-order valence-electron chi connectivity index (χ0n) is 9.56. The van der Waals surface area contributed by atoms with Crippen LogP contribution in [0.15, 0.2) is 43.0 Å². The quantitative estimate of drug-likeness (QED) is 0.713. The summed E-state index contributed by atoms with van der Waals surface area (Å²) in [6.07, 6.45) is 4.63. The molecule has 2 nitrogen and oxygen atoms in total. The van der Waals surface area contributed by atoms with Gasteiger partial charge >= 0.3 is 0 Å². The minimum atomic E-state index is -0.367. The summed E-state index contributed by atoms with van der Waals surface area (Å²) < 4.78 is 0. The van der Waals surface area contributed by atoms with Crippen LogP contribution in [0.4, 0.5) is 0 Å². The summed E-state index contributed by atoms with van der Waals surface area (Å²) in [6, 6.07) is 9.81. The SMILES string of the molecule is C=CCC(N)C(=O)CCCc1ccccc1. The highest BCUT2D eigenvalue weighted by Crippen LogP contribution is 2.06. The third kappa shape index (κ3) is 4.41. The molecule has 0 amide bonds. The molecule has 0 aliphatic carbocycles. The van der Waals surface area contributed by atoms with E-state index in [0.717, 1.165) is 12.8 Å². The Labute approximate surface area is 97.2 Å². The van der Waals surface area contributed by atoms with Crippen molar-refractivity contribution >= 4 is 5.78 Å². The molecule has 0 aliphatic heterocycles. The zero-order chi connectivity index (χ0) is 11.8. The van der Waals surface area contributed by atoms with E-state index in [-0.39, 0.29) is 11.8 Å². The maximum Gasteiger partial charge on any atom is 0.149 e. The van der Waals surface area contributed by atoms with Gasteiger partial charge in [-0.15, -0.1) is 6.58 Å². The Kier molecular flexibility index (Phi) is 5.51. The van der Waals surface area contributed by atoms with Crippen molar-refractivity contribution < 1.29 is 4.79 Å². The predicted molar refractivity (Wildman–Crippen MR) is 67.2 cm³/mol. The molecule has 0 spiro atoms. The van der Waals surface area contributed by atoms with E-state index in [9.17, 15) is 4.79 Å². The molecular formula is C14H19NO. The third-order valence-electron chi connectivity index (χ3n) is 2.57. The van der Waals surface area contributed by atoms with Crippen molar-refractivity contribution in [3.8, 4) is 0 Å². The molecule has 86 valence electrons. The molecule has 1 rings (SSSR count). The van der Waals surface area contributed by atoms with Crippen LogP contribution in [0.25, 0.3) is 0 Å². The number of carbonyl (C=O) groups excluding carboxylic acids is 1. The summed E-state index contributed by atoms with van der Waals surface area (Å²) in [7, 11) is 0. The molecule has 1 aromatic rings. The minimum absolute atomic E-state index is 0.135. The number of benzene rings is 1. The number of Topliss-reactive ketones (excluding diaryl/α,β-unsaturated/α-hetero) is 1. The zero-order valence-corrected chi connectivity index (χ0v) is 9.56. The number of nitrogens with two attached hydrogens (primary N) is 1. The molecule has 2 heteroatoms. The van der Waals surface area contributed by atoms with Gasteiger partial charge in [0.15, 0.2) is 0 Å². The maximum absolute atomic E-state index is 11.6. The molecule has 16 heavy (non-hydrogen) atoms. The van der Waals surface area contributed by atoms with Gasteiger partial charge in [-0.25, -0.2) is 0 Å². The average Bonchev–Trinajstić information content (AvgIpc) is 2.30. The van der Waals surface area contributed by atoms with Crippen LogP contribution in [0.5, 0.6) is 0 Å². The topological polar surface area (TPSA) is 43.1 Å². The summed E-state index contributed by atoms with van der Waals surface area (Å²) in [6.45, 7) is 3.58. The van der Waals surface area contributed by atoms with Gasteiger partial charge in [0.2, 0.25) is 0 Å². The fourth-order valence-electron chi connectivity index (χ4n) is 1.61. The normalized spacial score (nSPS) is 12.1. The Hall–Kier alpha value is -1.41. The van der Waals surface area contributed by atoms with Crippen molar-refractivity contribution in [1.29, 1.82) is 0 Å². The molecular weight excluding hydrogens is 198 g/mol. The highest BCUT2D eigenvalue weighted by molar-refractivity contribution is 5.83. The van der Waals surface area contributed by atoms with E-state index in [1.165, 1.54) is 5.56 Å². The van der Waals surface area contributed by atoms with Gasteiger partial charge in [0.25, 0.3) is 0 Å². The lowest BCUT2D eigenvalue weighted by molar-refractivity contribution is -0.120. The van der Waals surface area contributed by atoms with Crippen molar-refractivity contribution in [1.82, 2.24) is 0 Å². The fourth-order valence-corrected chi connectivity index (χ4v) is 1.61. The standard InChI is InChI=1S/C14H19NO/c1-2-7-13(15)14(16)11-6-10-12-8-4-3-5-9-12/h2-5,8-9,13H,1,6-7,10-11,15H2. The Morgan fingerprint density at radius 3 is 2.69 bits per heavy atom. The van der Waals surface area contributed by atoms with E-state index in [2.05, 4.69) is 18.7 Å². The second-order valence-electron chi connectivity index (χ2n) is 3.94. The first kappa shape index (κ1) is 12.7. The summed E-state index contributed by atoms with van der Waals surface area (Å²) in [5.74, 6) is 0.135. The monoisotopic (exact) mass is 217 g/mol. The average molecular weight is 217 g/mol. The van der Waals surface area contributed by atoms with Crippen LogP contribution in [-0.4, -0.2) is 11.8 Å². The van der Waals surface area contributed by atoms with Crippen molar-refractivity contribution in [2.24, 2.45) is 5.73 Å². The molecule has 1 aromatic carbocycles. The van der Waals surface area contributed by atoms with Crippen LogP contribution >= 0.6 is 0 Å². The third-order valence-corrected chi connectivity index (χ3v) is 2.57. The van der Waals surface area contributed by atoms with Gasteiger partial charge < -0.3 is 5.73 Å². The molecule has 0 fully saturated rings. The number of hydrogen-bond donors (Lipinski definition) is 1. The number of aryl methyl sites for hydroxylation is 1. The first-order valence-corrected chi connectivity index (χ1v) is 5.67. The van der Waals surface area contributed by atoms with Gasteiger partial charge in [0.1, 0.15) is 5.78 Å². The van der Waals surface area contributed by atoms with Gasteiger partial charge in [0.05, 0.1) is 6.04 Å². The summed E-state index contributed by atoms with van der Waals surface area (Å²) in [5.41, 5.74) is 6.96.